The monoisotopic (exact) mass is 241 g/mol. The Morgan fingerprint density at radius 3 is 2.50 bits per heavy atom. The zero-order chi connectivity index (χ0) is 12.3. The van der Waals surface area contributed by atoms with Crippen molar-refractivity contribution in [3.63, 3.8) is 0 Å². The van der Waals surface area contributed by atoms with Crippen LogP contribution in [-0.4, -0.2) is 18.3 Å². The largest absolute Gasteiger partial charge is 0.544 e. The summed E-state index contributed by atoms with van der Waals surface area (Å²) >= 11 is 0. The molecule has 0 aliphatic rings. The molecule has 0 aliphatic carbocycles. The predicted octanol–water partition coefficient (Wildman–Crippen LogP) is 2.30. The summed E-state index contributed by atoms with van der Waals surface area (Å²) in [6.07, 6.45) is 0. The van der Waals surface area contributed by atoms with Gasteiger partial charge in [-0.3, -0.25) is 10.1 Å². The summed E-state index contributed by atoms with van der Waals surface area (Å²) in [5.41, 5.74) is 0.200. The molecule has 0 atom stereocenters. The lowest BCUT2D eigenvalue weighted by Gasteiger charge is -2.19. The molecule has 88 valence electrons. The number of aliphatic hydroxyl groups excluding tert-OH is 1. The highest BCUT2D eigenvalue weighted by molar-refractivity contribution is 6.70. The fourth-order valence-electron chi connectivity index (χ4n) is 1.28. The fraction of sp³-hybridized carbons (Fsp3) is 0.400. The van der Waals surface area contributed by atoms with Crippen molar-refractivity contribution in [1.82, 2.24) is 0 Å². The Morgan fingerprint density at radius 1 is 1.44 bits per heavy atom. The average molecular weight is 241 g/mol. The molecular formula is C10H15NO4Si. The third-order valence-corrected chi connectivity index (χ3v) is 2.69. The molecule has 0 fully saturated rings. The standard InChI is InChI=1S/C10H15NO4Si/c1-16(2,3)15-9-4-5-10(11(13)14)8(6-9)7-12/h4-6,12H,7H2,1-3H3. The quantitative estimate of drug-likeness (QED) is 0.498. The van der Waals surface area contributed by atoms with Crippen LogP contribution in [0.2, 0.25) is 19.6 Å². The van der Waals surface area contributed by atoms with Gasteiger partial charge in [-0.15, -0.1) is 0 Å². The van der Waals surface area contributed by atoms with Gasteiger partial charge in [-0.25, -0.2) is 0 Å². The van der Waals surface area contributed by atoms with Gasteiger partial charge in [-0.1, -0.05) is 0 Å². The van der Waals surface area contributed by atoms with Gasteiger partial charge in [-0.05, 0) is 31.8 Å². The van der Waals surface area contributed by atoms with E-state index in [0.717, 1.165) is 0 Å². The Balaban J connectivity index is 3.05. The Hall–Kier alpha value is -1.40. The van der Waals surface area contributed by atoms with E-state index in [1.54, 1.807) is 6.07 Å². The minimum Gasteiger partial charge on any atom is -0.544 e. The Kier molecular flexibility index (Phi) is 3.66. The van der Waals surface area contributed by atoms with Gasteiger partial charge in [0, 0.05) is 6.07 Å². The number of nitro groups is 1. The molecule has 0 spiro atoms. The Labute approximate surface area is 95.0 Å². The fourth-order valence-corrected chi connectivity index (χ4v) is 2.12. The van der Waals surface area contributed by atoms with Crippen LogP contribution in [0.25, 0.3) is 0 Å². The van der Waals surface area contributed by atoms with Crippen LogP contribution in [0, 0.1) is 10.1 Å². The number of hydrogen-bond donors (Lipinski definition) is 1. The Morgan fingerprint density at radius 2 is 2.06 bits per heavy atom. The zero-order valence-corrected chi connectivity index (χ0v) is 10.6. The van der Waals surface area contributed by atoms with Gasteiger partial charge >= 0.3 is 0 Å². The molecule has 0 aromatic heterocycles. The molecule has 5 nitrogen and oxygen atoms in total. The van der Waals surface area contributed by atoms with Crippen molar-refractivity contribution in [2.45, 2.75) is 26.2 Å². The topological polar surface area (TPSA) is 72.6 Å². The van der Waals surface area contributed by atoms with Crippen molar-refractivity contribution in [1.29, 1.82) is 0 Å². The van der Waals surface area contributed by atoms with E-state index in [9.17, 15) is 10.1 Å². The molecule has 16 heavy (non-hydrogen) atoms. The molecule has 1 rings (SSSR count). The molecule has 6 heteroatoms. The lowest BCUT2D eigenvalue weighted by molar-refractivity contribution is -0.385. The maximum Gasteiger partial charge on any atom is 0.275 e. The van der Waals surface area contributed by atoms with E-state index < -0.39 is 13.2 Å². The smallest absolute Gasteiger partial charge is 0.275 e. The molecule has 1 N–H and O–H groups in total. The highest BCUT2D eigenvalue weighted by Gasteiger charge is 2.19. The highest BCUT2D eigenvalue weighted by Crippen LogP contribution is 2.25. The SMILES string of the molecule is C[Si](C)(C)Oc1ccc([N+](=O)[O-])c(CO)c1. The van der Waals surface area contributed by atoms with Crippen molar-refractivity contribution in [3.8, 4) is 5.75 Å². The van der Waals surface area contributed by atoms with Crippen LogP contribution >= 0.6 is 0 Å². The summed E-state index contributed by atoms with van der Waals surface area (Å²) in [6, 6.07) is 4.45. The summed E-state index contributed by atoms with van der Waals surface area (Å²) < 4.78 is 5.68. The molecular weight excluding hydrogens is 226 g/mol. The normalized spacial score (nSPS) is 11.2. The van der Waals surface area contributed by atoms with Crippen molar-refractivity contribution < 1.29 is 14.5 Å². The highest BCUT2D eigenvalue weighted by atomic mass is 28.4. The van der Waals surface area contributed by atoms with E-state index >= 15 is 0 Å². The zero-order valence-electron chi connectivity index (χ0n) is 9.56. The van der Waals surface area contributed by atoms with Gasteiger partial charge in [0.1, 0.15) is 5.75 Å². The molecule has 0 aliphatic heterocycles. The summed E-state index contributed by atoms with van der Waals surface area (Å²) in [5.74, 6) is 0.578. The minimum atomic E-state index is -1.73. The first-order chi connectivity index (χ1) is 7.33. The lowest BCUT2D eigenvalue weighted by atomic mass is 10.2. The van der Waals surface area contributed by atoms with Gasteiger partial charge in [0.25, 0.3) is 5.69 Å². The lowest BCUT2D eigenvalue weighted by Crippen LogP contribution is -2.29. The van der Waals surface area contributed by atoms with Crippen LogP contribution in [0.15, 0.2) is 18.2 Å². The van der Waals surface area contributed by atoms with Crippen LogP contribution in [0.3, 0.4) is 0 Å². The molecule has 0 heterocycles. The summed E-state index contributed by atoms with van der Waals surface area (Å²) in [6.45, 7) is 5.70. The number of benzene rings is 1. The van der Waals surface area contributed by atoms with E-state index in [1.165, 1.54) is 12.1 Å². The van der Waals surface area contributed by atoms with Crippen molar-refractivity contribution in [3.05, 3.63) is 33.9 Å². The van der Waals surface area contributed by atoms with Crippen molar-refractivity contribution in [2.75, 3.05) is 0 Å². The van der Waals surface area contributed by atoms with Crippen LogP contribution in [0.4, 0.5) is 5.69 Å². The minimum absolute atomic E-state index is 0.0783. The molecule has 0 radical (unpaired) electrons. The predicted molar refractivity (Wildman–Crippen MR) is 63.0 cm³/mol. The summed E-state index contributed by atoms with van der Waals surface area (Å²) in [7, 11) is -1.73. The second kappa shape index (κ2) is 4.63. The third-order valence-electron chi connectivity index (χ3n) is 1.84. The summed E-state index contributed by atoms with van der Waals surface area (Å²) in [5, 5.41) is 19.7. The first-order valence-electron chi connectivity index (χ1n) is 4.90. The second-order valence-corrected chi connectivity index (χ2v) is 8.85. The van der Waals surface area contributed by atoms with Crippen molar-refractivity contribution >= 4 is 14.0 Å². The number of hydrogen-bond acceptors (Lipinski definition) is 4. The van der Waals surface area contributed by atoms with E-state index in [-0.39, 0.29) is 17.9 Å². The molecule has 1 aromatic carbocycles. The number of aliphatic hydroxyl groups is 1. The van der Waals surface area contributed by atoms with Crippen molar-refractivity contribution in [2.24, 2.45) is 0 Å². The van der Waals surface area contributed by atoms with Gasteiger partial charge < -0.3 is 9.53 Å². The second-order valence-electron chi connectivity index (χ2n) is 4.42. The van der Waals surface area contributed by atoms with Gasteiger partial charge in [0.2, 0.25) is 8.32 Å². The van der Waals surface area contributed by atoms with E-state index in [1.807, 2.05) is 19.6 Å². The molecule has 0 amide bonds. The molecule has 1 aromatic rings. The maximum absolute atomic E-state index is 10.6. The van der Waals surface area contributed by atoms with Crippen LogP contribution in [-0.2, 0) is 6.61 Å². The van der Waals surface area contributed by atoms with E-state index in [4.69, 9.17) is 9.53 Å². The molecule has 0 bridgehead atoms. The van der Waals surface area contributed by atoms with Gasteiger partial charge in [-0.2, -0.15) is 0 Å². The van der Waals surface area contributed by atoms with Gasteiger partial charge in [0.15, 0.2) is 0 Å². The first-order valence-corrected chi connectivity index (χ1v) is 8.31. The Bertz CT molecular complexity index is 400. The number of nitro benzene ring substituents is 1. The maximum atomic E-state index is 10.6. The van der Waals surface area contributed by atoms with Crippen LogP contribution in [0.5, 0.6) is 5.75 Å². The van der Waals surface area contributed by atoms with Crippen LogP contribution < -0.4 is 4.43 Å². The number of rotatable bonds is 4. The van der Waals surface area contributed by atoms with E-state index in [0.29, 0.717) is 5.75 Å². The van der Waals surface area contributed by atoms with Crippen LogP contribution in [0.1, 0.15) is 5.56 Å². The number of nitrogens with zero attached hydrogens (tertiary/aromatic N) is 1. The molecule has 0 saturated carbocycles. The molecule has 0 unspecified atom stereocenters. The molecule has 0 saturated heterocycles. The average Bonchev–Trinajstić information content (AvgIpc) is 2.14. The van der Waals surface area contributed by atoms with E-state index in [2.05, 4.69) is 0 Å². The van der Waals surface area contributed by atoms with Gasteiger partial charge in [0.05, 0.1) is 17.1 Å². The first kappa shape index (κ1) is 12.7. The summed E-state index contributed by atoms with van der Waals surface area (Å²) in [4.78, 5) is 10.1. The third kappa shape index (κ3) is 3.32.